The first-order valence-electron chi connectivity index (χ1n) is 4.53. The molecular weight excluding hydrogens is 220 g/mol. The first-order chi connectivity index (χ1) is 6.66. The van der Waals surface area contributed by atoms with E-state index in [4.69, 9.17) is 16.7 Å². The van der Waals surface area contributed by atoms with Crippen LogP contribution >= 0.6 is 23.4 Å². The Bertz CT molecular complexity index is 301. The minimum absolute atomic E-state index is 0.255. The topological polar surface area (TPSA) is 38.0 Å². The fourth-order valence-corrected chi connectivity index (χ4v) is 2.48. The highest BCUT2D eigenvalue weighted by atomic mass is 35.5. The van der Waals surface area contributed by atoms with E-state index in [0.717, 1.165) is 34.3 Å². The summed E-state index contributed by atoms with van der Waals surface area (Å²) in [4.78, 5) is 0. The number of thioether (sulfide) groups is 1. The number of halogens is 1. The third-order valence-corrected chi connectivity index (χ3v) is 3.49. The van der Waals surface area contributed by atoms with E-state index < -0.39 is 0 Å². The molecule has 1 N–H and O–H groups in total. The van der Waals surface area contributed by atoms with E-state index in [1.807, 2.05) is 18.7 Å². The van der Waals surface area contributed by atoms with E-state index in [2.05, 4.69) is 5.10 Å². The minimum Gasteiger partial charge on any atom is -0.396 e. The lowest BCUT2D eigenvalue weighted by Gasteiger charge is -2.01. The Hall–Kier alpha value is -0.190. The zero-order valence-electron chi connectivity index (χ0n) is 8.46. The van der Waals surface area contributed by atoms with Crippen LogP contribution < -0.4 is 0 Å². The van der Waals surface area contributed by atoms with Crippen LogP contribution in [0.5, 0.6) is 0 Å². The van der Waals surface area contributed by atoms with E-state index in [-0.39, 0.29) is 6.61 Å². The molecule has 0 spiro atoms. The van der Waals surface area contributed by atoms with Crippen molar-refractivity contribution in [3.8, 4) is 0 Å². The summed E-state index contributed by atoms with van der Waals surface area (Å²) >= 11 is 7.85. The van der Waals surface area contributed by atoms with Gasteiger partial charge < -0.3 is 5.11 Å². The van der Waals surface area contributed by atoms with Crippen LogP contribution in [0.4, 0.5) is 0 Å². The zero-order valence-corrected chi connectivity index (χ0v) is 10.0. The van der Waals surface area contributed by atoms with Crippen molar-refractivity contribution in [2.24, 2.45) is 7.05 Å². The Labute approximate surface area is 93.4 Å². The van der Waals surface area contributed by atoms with Crippen molar-refractivity contribution in [2.45, 2.75) is 19.1 Å². The average molecular weight is 235 g/mol. The maximum absolute atomic E-state index is 8.62. The number of hydrogen-bond donors (Lipinski definition) is 1. The second-order valence-corrected chi connectivity index (χ2v) is 4.58. The van der Waals surface area contributed by atoms with Gasteiger partial charge in [-0.05, 0) is 19.1 Å². The SMILES string of the molecule is Cc1nn(C)c(CSCCCO)c1Cl. The molecule has 0 aliphatic rings. The Morgan fingerprint density at radius 3 is 2.79 bits per heavy atom. The van der Waals surface area contributed by atoms with Crippen LogP contribution in [-0.4, -0.2) is 27.2 Å². The van der Waals surface area contributed by atoms with Crippen molar-refractivity contribution < 1.29 is 5.11 Å². The molecule has 0 saturated carbocycles. The smallest absolute Gasteiger partial charge is 0.0855 e. The van der Waals surface area contributed by atoms with Gasteiger partial charge >= 0.3 is 0 Å². The minimum atomic E-state index is 0.255. The molecule has 0 fully saturated rings. The summed E-state index contributed by atoms with van der Waals surface area (Å²) in [5.41, 5.74) is 1.94. The first kappa shape index (κ1) is 11.9. The zero-order chi connectivity index (χ0) is 10.6. The van der Waals surface area contributed by atoms with Gasteiger partial charge in [0.1, 0.15) is 0 Å². The van der Waals surface area contributed by atoms with Crippen LogP contribution in [0.2, 0.25) is 5.02 Å². The summed E-state index contributed by atoms with van der Waals surface area (Å²) in [5.74, 6) is 1.81. The maximum atomic E-state index is 8.62. The van der Waals surface area contributed by atoms with E-state index >= 15 is 0 Å². The van der Waals surface area contributed by atoms with E-state index in [1.54, 1.807) is 11.8 Å². The van der Waals surface area contributed by atoms with Crippen molar-refractivity contribution in [1.82, 2.24) is 9.78 Å². The molecule has 0 radical (unpaired) electrons. The van der Waals surface area contributed by atoms with Gasteiger partial charge in [0.2, 0.25) is 0 Å². The molecule has 0 bridgehead atoms. The third-order valence-electron chi connectivity index (χ3n) is 1.95. The fourth-order valence-electron chi connectivity index (χ4n) is 1.17. The molecule has 1 aromatic rings. The van der Waals surface area contributed by atoms with Gasteiger partial charge in [-0.1, -0.05) is 11.6 Å². The van der Waals surface area contributed by atoms with Gasteiger partial charge in [0.15, 0.2) is 0 Å². The van der Waals surface area contributed by atoms with E-state index in [0.29, 0.717) is 0 Å². The predicted molar refractivity (Wildman–Crippen MR) is 60.8 cm³/mol. The molecular formula is C9H15ClN2OS. The molecule has 0 aromatic carbocycles. The molecule has 1 rings (SSSR count). The molecule has 0 amide bonds. The lowest BCUT2D eigenvalue weighted by atomic mass is 10.4. The van der Waals surface area contributed by atoms with Gasteiger partial charge in [-0.2, -0.15) is 16.9 Å². The Balaban J connectivity index is 2.49. The van der Waals surface area contributed by atoms with Crippen LogP contribution in [0.15, 0.2) is 0 Å². The van der Waals surface area contributed by atoms with Crippen LogP contribution in [-0.2, 0) is 12.8 Å². The first-order valence-corrected chi connectivity index (χ1v) is 6.06. The Kier molecular flexibility index (Phi) is 4.78. The predicted octanol–water partition coefficient (Wildman–Crippen LogP) is 2.00. The summed E-state index contributed by atoms with van der Waals surface area (Å²) in [6.07, 6.45) is 0.832. The summed E-state index contributed by atoms with van der Waals surface area (Å²) in [6, 6.07) is 0. The lowest BCUT2D eigenvalue weighted by molar-refractivity contribution is 0.296. The number of aliphatic hydroxyl groups is 1. The Morgan fingerprint density at radius 1 is 1.57 bits per heavy atom. The second kappa shape index (κ2) is 5.63. The molecule has 3 nitrogen and oxygen atoms in total. The summed E-state index contributed by atoms with van der Waals surface area (Å²) < 4.78 is 1.82. The summed E-state index contributed by atoms with van der Waals surface area (Å²) in [6.45, 7) is 2.16. The molecule has 0 aliphatic heterocycles. The number of aliphatic hydroxyl groups excluding tert-OH is 1. The summed E-state index contributed by atoms with van der Waals surface area (Å²) in [5, 5.41) is 13.6. The molecule has 5 heteroatoms. The van der Waals surface area contributed by atoms with Gasteiger partial charge in [-0.15, -0.1) is 0 Å². The molecule has 0 aliphatic carbocycles. The van der Waals surface area contributed by atoms with E-state index in [9.17, 15) is 0 Å². The van der Waals surface area contributed by atoms with Crippen LogP contribution in [0.1, 0.15) is 17.8 Å². The van der Waals surface area contributed by atoms with Crippen molar-refractivity contribution in [2.75, 3.05) is 12.4 Å². The van der Waals surface area contributed by atoms with Gasteiger partial charge in [-0.3, -0.25) is 4.68 Å². The highest BCUT2D eigenvalue weighted by Crippen LogP contribution is 2.23. The number of rotatable bonds is 5. The standard InChI is InChI=1S/C9H15ClN2OS/c1-7-9(10)8(12(2)11-7)6-14-5-3-4-13/h13H,3-6H2,1-2H3. The molecule has 1 aromatic heterocycles. The van der Waals surface area contributed by atoms with Crippen LogP contribution in [0.25, 0.3) is 0 Å². The molecule has 0 atom stereocenters. The normalized spacial score (nSPS) is 10.9. The quantitative estimate of drug-likeness (QED) is 0.792. The second-order valence-electron chi connectivity index (χ2n) is 3.10. The highest BCUT2D eigenvalue weighted by Gasteiger charge is 2.10. The number of aromatic nitrogens is 2. The van der Waals surface area contributed by atoms with Crippen LogP contribution in [0.3, 0.4) is 0 Å². The molecule has 0 unspecified atom stereocenters. The number of hydrogen-bond acceptors (Lipinski definition) is 3. The molecule has 14 heavy (non-hydrogen) atoms. The average Bonchev–Trinajstić information content (AvgIpc) is 2.38. The molecule has 1 heterocycles. The molecule has 0 saturated heterocycles. The monoisotopic (exact) mass is 234 g/mol. The van der Waals surface area contributed by atoms with Gasteiger partial charge in [0.25, 0.3) is 0 Å². The van der Waals surface area contributed by atoms with Crippen molar-refractivity contribution >= 4 is 23.4 Å². The number of nitrogens with zero attached hydrogens (tertiary/aromatic N) is 2. The van der Waals surface area contributed by atoms with E-state index in [1.165, 1.54) is 0 Å². The van der Waals surface area contributed by atoms with Crippen molar-refractivity contribution in [3.05, 3.63) is 16.4 Å². The third kappa shape index (κ3) is 2.90. The van der Waals surface area contributed by atoms with Gasteiger partial charge in [-0.25, -0.2) is 0 Å². The fraction of sp³-hybridized carbons (Fsp3) is 0.667. The van der Waals surface area contributed by atoms with Crippen molar-refractivity contribution in [3.63, 3.8) is 0 Å². The molecule has 80 valence electrons. The van der Waals surface area contributed by atoms with Crippen molar-refractivity contribution in [1.29, 1.82) is 0 Å². The largest absolute Gasteiger partial charge is 0.396 e. The van der Waals surface area contributed by atoms with Crippen LogP contribution in [0, 0.1) is 6.92 Å². The van der Waals surface area contributed by atoms with Gasteiger partial charge in [0.05, 0.1) is 16.4 Å². The van der Waals surface area contributed by atoms with Gasteiger partial charge in [0, 0.05) is 19.4 Å². The number of aryl methyl sites for hydroxylation is 2. The Morgan fingerprint density at radius 2 is 2.29 bits per heavy atom. The highest BCUT2D eigenvalue weighted by molar-refractivity contribution is 7.98. The summed E-state index contributed by atoms with van der Waals surface area (Å²) in [7, 11) is 1.90. The lowest BCUT2D eigenvalue weighted by Crippen LogP contribution is -1.97. The maximum Gasteiger partial charge on any atom is 0.0855 e.